The van der Waals surface area contributed by atoms with E-state index in [1.54, 1.807) is 0 Å². The van der Waals surface area contributed by atoms with Gasteiger partial charge in [-0.2, -0.15) is 0 Å². The summed E-state index contributed by atoms with van der Waals surface area (Å²) in [6.07, 6.45) is -1.29. The van der Waals surface area contributed by atoms with Crippen molar-refractivity contribution in [3.05, 3.63) is 71.8 Å². The standard InChI is InChI=1S/C24H24N2O8S2/c27-21-19(25(15-33-21)23(29)31-11-17-7-3-1-4-8-17)13-35-36-14-20-22(28)34-16-26(20)24(30)32-12-18-9-5-2-6-10-18/h1-10,19-20H,11-16H2/t19-,20+. The summed E-state index contributed by atoms with van der Waals surface area (Å²) in [6, 6.07) is 16.8. The first kappa shape index (κ1) is 25.7. The number of cyclic esters (lactones) is 2. The number of amides is 2. The lowest BCUT2D eigenvalue weighted by molar-refractivity contribution is -0.139. The highest BCUT2D eigenvalue weighted by Crippen LogP contribution is 2.29. The van der Waals surface area contributed by atoms with E-state index >= 15 is 0 Å². The van der Waals surface area contributed by atoms with Gasteiger partial charge in [0.1, 0.15) is 25.3 Å². The zero-order chi connectivity index (χ0) is 25.3. The molecule has 0 spiro atoms. The first-order valence-corrected chi connectivity index (χ1v) is 13.5. The Labute approximate surface area is 215 Å². The molecule has 36 heavy (non-hydrogen) atoms. The lowest BCUT2D eigenvalue weighted by Gasteiger charge is -2.21. The molecule has 2 aliphatic rings. The Hall–Kier alpha value is -3.38. The topological polar surface area (TPSA) is 112 Å². The van der Waals surface area contributed by atoms with Gasteiger partial charge in [0.2, 0.25) is 0 Å². The van der Waals surface area contributed by atoms with Gasteiger partial charge in [-0.1, -0.05) is 82.3 Å². The lowest BCUT2D eigenvalue weighted by Crippen LogP contribution is -2.40. The minimum absolute atomic E-state index is 0.0823. The number of carbonyl (C=O) groups excluding carboxylic acids is 4. The molecule has 2 saturated heterocycles. The van der Waals surface area contributed by atoms with Crippen LogP contribution in [0.5, 0.6) is 0 Å². The number of hydrogen-bond donors (Lipinski definition) is 0. The number of nitrogens with zero attached hydrogens (tertiary/aromatic N) is 2. The highest BCUT2D eigenvalue weighted by atomic mass is 33.1. The molecule has 0 bridgehead atoms. The van der Waals surface area contributed by atoms with Crippen molar-refractivity contribution in [3.63, 3.8) is 0 Å². The second-order valence-corrected chi connectivity index (χ2v) is 10.4. The van der Waals surface area contributed by atoms with Gasteiger partial charge in [0.25, 0.3) is 0 Å². The van der Waals surface area contributed by atoms with Crippen molar-refractivity contribution in [3.8, 4) is 0 Å². The Kier molecular flexibility index (Phi) is 8.95. The molecular formula is C24H24N2O8S2. The summed E-state index contributed by atoms with van der Waals surface area (Å²) in [5.74, 6) is -0.591. The van der Waals surface area contributed by atoms with Crippen LogP contribution in [0.2, 0.25) is 0 Å². The summed E-state index contributed by atoms with van der Waals surface area (Å²) >= 11 is 0. The van der Waals surface area contributed by atoms with Gasteiger partial charge in [-0.3, -0.25) is 9.80 Å². The zero-order valence-electron chi connectivity index (χ0n) is 19.1. The van der Waals surface area contributed by atoms with Gasteiger partial charge in [0.05, 0.1) is 0 Å². The minimum Gasteiger partial charge on any atom is -0.444 e. The maximum atomic E-state index is 12.5. The predicted octanol–water partition coefficient (Wildman–Crippen LogP) is 3.41. The molecule has 0 radical (unpaired) electrons. The van der Waals surface area contributed by atoms with Crippen LogP contribution in [-0.2, 0) is 41.8 Å². The fourth-order valence-electron chi connectivity index (χ4n) is 3.40. The van der Waals surface area contributed by atoms with Crippen molar-refractivity contribution in [1.29, 1.82) is 0 Å². The molecule has 0 aromatic heterocycles. The summed E-state index contributed by atoms with van der Waals surface area (Å²) < 4.78 is 20.7. The molecule has 0 unspecified atom stereocenters. The van der Waals surface area contributed by atoms with Gasteiger partial charge in [0.15, 0.2) is 13.5 Å². The average molecular weight is 533 g/mol. The molecule has 10 nitrogen and oxygen atoms in total. The van der Waals surface area contributed by atoms with Crippen molar-refractivity contribution in [1.82, 2.24) is 9.80 Å². The normalized spacial score (nSPS) is 19.1. The van der Waals surface area contributed by atoms with E-state index in [2.05, 4.69) is 0 Å². The number of ether oxygens (including phenoxy) is 4. The number of hydrogen-bond acceptors (Lipinski definition) is 10. The van der Waals surface area contributed by atoms with Crippen molar-refractivity contribution in [2.24, 2.45) is 0 Å². The van der Waals surface area contributed by atoms with Gasteiger partial charge in [-0.25, -0.2) is 19.2 Å². The third-order valence-corrected chi connectivity index (χ3v) is 7.79. The summed E-state index contributed by atoms with van der Waals surface area (Å²) in [7, 11) is 2.57. The molecule has 2 atom stereocenters. The van der Waals surface area contributed by atoms with Gasteiger partial charge in [-0.15, -0.1) is 0 Å². The quantitative estimate of drug-likeness (QED) is 0.206. The van der Waals surface area contributed by atoms with Gasteiger partial charge in [0, 0.05) is 11.5 Å². The van der Waals surface area contributed by atoms with Crippen molar-refractivity contribution >= 4 is 45.7 Å². The summed E-state index contributed by atoms with van der Waals surface area (Å²) in [6.45, 7) is -0.200. The largest absolute Gasteiger partial charge is 0.444 e. The van der Waals surface area contributed by atoms with E-state index in [4.69, 9.17) is 18.9 Å². The Morgan fingerprint density at radius 3 is 1.50 bits per heavy atom. The molecule has 2 aromatic carbocycles. The van der Waals surface area contributed by atoms with Gasteiger partial charge in [-0.05, 0) is 11.1 Å². The summed E-state index contributed by atoms with van der Waals surface area (Å²) in [4.78, 5) is 51.7. The SMILES string of the molecule is O=C1OCN(C(=O)OCc2ccccc2)[C@@H]1CSSC[C@H]1C(=O)OCN1C(=O)OCc1ccccc1. The second-order valence-electron chi connectivity index (χ2n) is 7.81. The molecule has 2 fully saturated rings. The van der Waals surface area contributed by atoms with Crippen LogP contribution in [0.1, 0.15) is 11.1 Å². The first-order chi connectivity index (χ1) is 17.5. The molecule has 0 N–H and O–H groups in total. The van der Waals surface area contributed by atoms with Gasteiger partial charge < -0.3 is 18.9 Å². The summed E-state index contributed by atoms with van der Waals surface area (Å²) in [5, 5.41) is 0. The van der Waals surface area contributed by atoms with E-state index in [0.29, 0.717) is 0 Å². The number of benzene rings is 2. The van der Waals surface area contributed by atoms with Crippen LogP contribution >= 0.6 is 21.6 Å². The highest BCUT2D eigenvalue weighted by Gasteiger charge is 2.41. The smallest absolute Gasteiger partial charge is 0.413 e. The van der Waals surface area contributed by atoms with Crippen molar-refractivity contribution < 1.29 is 38.1 Å². The first-order valence-electron chi connectivity index (χ1n) is 11.1. The average Bonchev–Trinajstić information content (AvgIpc) is 3.46. The Morgan fingerprint density at radius 2 is 1.11 bits per heavy atom. The highest BCUT2D eigenvalue weighted by molar-refractivity contribution is 8.76. The van der Waals surface area contributed by atoms with Crippen molar-refractivity contribution in [2.45, 2.75) is 25.3 Å². The predicted molar refractivity (Wildman–Crippen MR) is 131 cm³/mol. The third-order valence-electron chi connectivity index (χ3n) is 5.40. The van der Waals surface area contributed by atoms with E-state index < -0.39 is 36.2 Å². The zero-order valence-corrected chi connectivity index (χ0v) is 20.8. The fraction of sp³-hybridized carbons (Fsp3) is 0.333. The van der Waals surface area contributed by atoms with Crippen LogP contribution in [0.15, 0.2) is 60.7 Å². The van der Waals surface area contributed by atoms with Crippen LogP contribution in [0.4, 0.5) is 9.59 Å². The van der Waals surface area contributed by atoms with Gasteiger partial charge >= 0.3 is 24.1 Å². The monoisotopic (exact) mass is 532 g/mol. The Bertz CT molecular complexity index is 987. The number of esters is 2. The molecular weight excluding hydrogens is 508 g/mol. The van der Waals surface area contributed by atoms with Crippen molar-refractivity contribution in [2.75, 3.05) is 25.0 Å². The molecule has 2 aliphatic heterocycles. The van der Waals surface area contributed by atoms with Crippen LogP contribution in [0.3, 0.4) is 0 Å². The Balaban J connectivity index is 1.22. The minimum atomic E-state index is -0.812. The molecule has 2 aromatic rings. The summed E-state index contributed by atoms with van der Waals surface area (Å²) in [5.41, 5.74) is 1.66. The lowest BCUT2D eigenvalue weighted by atomic mass is 10.2. The van der Waals surface area contributed by atoms with Crippen LogP contribution < -0.4 is 0 Å². The fourth-order valence-corrected chi connectivity index (χ4v) is 5.83. The van der Waals surface area contributed by atoms with E-state index in [-0.39, 0.29) is 38.2 Å². The molecule has 2 amide bonds. The van der Waals surface area contributed by atoms with E-state index in [9.17, 15) is 19.2 Å². The third kappa shape index (κ3) is 6.64. The molecule has 0 aliphatic carbocycles. The van der Waals surface area contributed by atoms with E-state index in [1.807, 2.05) is 60.7 Å². The van der Waals surface area contributed by atoms with Crippen LogP contribution in [0.25, 0.3) is 0 Å². The van der Waals surface area contributed by atoms with E-state index in [1.165, 1.54) is 31.4 Å². The maximum Gasteiger partial charge on any atom is 0.413 e. The van der Waals surface area contributed by atoms with Crippen LogP contribution in [-0.4, -0.2) is 71.0 Å². The molecule has 0 saturated carbocycles. The number of carbonyl (C=O) groups is 4. The maximum absolute atomic E-state index is 12.5. The Morgan fingerprint density at radius 1 is 0.722 bits per heavy atom. The second kappa shape index (κ2) is 12.5. The molecule has 12 heteroatoms. The molecule has 2 heterocycles. The number of rotatable bonds is 9. The van der Waals surface area contributed by atoms with E-state index in [0.717, 1.165) is 11.1 Å². The molecule has 190 valence electrons. The molecule has 4 rings (SSSR count). The van der Waals surface area contributed by atoms with Crippen LogP contribution in [0, 0.1) is 0 Å².